The lowest BCUT2D eigenvalue weighted by Gasteiger charge is -2.16. The van der Waals surface area contributed by atoms with Crippen molar-refractivity contribution in [2.45, 2.75) is 0 Å². The van der Waals surface area contributed by atoms with Gasteiger partial charge < -0.3 is 0 Å². The number of para-hydroxylation sites is 1. The Kier molecular flexibility index (Phi) is 3.11. The molecule has 0 aliphatic carbocycles. The summed E-state index contributed by atoms with van der Waals surface area (Å²) in [7, 11) is 1.71. The SMILES string of the molecule is CN(C(=O)Nc1cnns1)c1ccccc1. The van der Waals surface area contributed by atoms with Crippen molar-refractivity contribution in [2.75, 3.05) is 17.3 Å². The lowest BCUT2D eigenvalue weighted by molar-refractivity contribution is 0.258. The lowest BCUT2D eigenvalue weighted by atomic mass is 10.3. The zero-order chi connectivity index (χ0) is 11.4. The molecule has 0 bridgehead atoms. The van der Waals surface area contributed by atoms with Gasteiger partial charge in [-0.25, -0.2) is 4.79 Å². The van der Waals surface area contributed by atoms with Crippen LogP contribution in [0.1, 0.15) is 0 Å². The molecule has 1 N–H and O–H groups in total. The topological polar surface area (TPSA) is 58.1 Å². The van der Waals surface area contributed by atoms with Crippen LogP contribution in [0, 0.1) is 0 Å². The van der Waals surface area contributed by atoms with Gasteiger partial charge in [-0.05, 0) is 12.1 Å². The van der Waals surface area contributed by atoms with E-state index in [1.165, 1.54) is 11.1 Å². The minimum Gasteiger partial charge on any atom is -0.297 e. The Balaban J connectivity index is 2.05. The maximum Gasteiger partial charge on any atom is 0.326 e. The van der Waals surface area contributed by atoms with Gasteiger partial charge in [0.25, 0.3) is 0 Å². The van der Waals surface area contributed by atoms with Gasteiger partial charge in [0, 0.05) is 24.3 Å². The number of hydrogen-bond acceptors (Lipinski definition) is 4. The maximum absolute atomic E-state index is 11.8. The lowest BCUT2D eigenvalue weighted by Crippen LogP contribution is -2.30. The second kappa shape index (κ2) is 4.71. The van der Waals surface area contributed by atoms with Crippen molar-refractivity contribution in [1.82, 2.24) is 9.59 Å². The van der Waals surface area contributed by atoms with E-state index in [2.05, 4.69) is 14.9 Å². The molecular weight excluding hydrogens is 224 g/mol. The first-order valence-electron chi connectivity index (χ1n) is 4.64. The van der Waals surface area contributed by atoms with Crippen LogP contribution in [0.2, 0.25) is 0 Å². The molecule has 1 heterocycles. The van der Waals surface area contributed by atoms with Crippen molar-refractivity contribution in [3.8, 4) is 0 Å². The largest absolute Gasteiger partial charge is 0.326 e. The fourth-order valence-electron chi connectivity index (χ4n) is 1.18. The van der Waals surface area contributed by atoms with Crippen LogP contribution in [0.25, 0.3) is 0 Å². The Morgan fingerprint density at radius 2 is 2.12 bits per heavy atom. The summed E-state index contributed by atoms with van der Waals surface area (Å²) in [5.41, 5.74) is 0.831. The first-order valence-corrected chi connectivity index (χ1v) is 5.42. The third-order valence-corrected chi connectivity index (χ3v) is 2.62. The molecule has 6 heteroatoms. The van der Waals surface area contributed by atoms with Gasteiger partial charge in [0.15, 0.2) is 0 Å². The Bertz CT molecular complexity index is 457. The monoisotopic (exact) mass is 234 g/mol. The Labute approximate surface area is 96.9 Å². The highest BCUT2D eigenvalue weighted by Gasteiger charge is 2.11. The Morgan fingerprint density at radius 3 is 2.75 bits per heavy atom. The predicted molar refractivity (Wildman–Crippen MR) is 63.8 cm³/mol. The molecule has 5 nitrogen and oxygen atoms in total. The molecule has 0 atom stereocenters. The van der Waals surface area contributed by atoms with Crippen molar-refractivity contribution in [3.05, 3.63) is 36.5 Å². The fraction of sp³-hybridized carbons (Fsp3) is 0.100. The molecule has 2 aromatic rings. The highest BCUT2D eigenvalue weighted by molar-refractivity contribution is 7.10. The van der Waals surface area contributed by atoms with Crippen LogP contribution in [-0.4, -0.2) is 22.7 Å². The highest BCUT2D eigenvalue weighted by atomic mass is 32.1. The maximum atomic E-state index is 11.8. The summed E-state index contributed by atoms with van der Waals surface area (Å²) in [4.78, 5) is 13.3. The van der Waals surface area contributed by atoms with E-state index in [4.69, 9.17) is 0 Å². The molecule has 0 saturated carbocycles. The number of carbonyl (C=O) groups is 1. The van der Waals surface area contributed by atoms with Crippen molar-refractivity contribution in [1.29, 1.82) is 0 Å². The summed E-state index contributed by atoms with van der Waals surface area (Å²) in [5, 5.41) is 6.98. The van der Waals surface area contributed by atoms with Gasteiger partial charge in [-0.1, -0.05) is 22.7 Å². The average Bonchev–Trinajstić information content (AvgIpc) is 2.82. The quantitative estimate of drug-likeness (QED) is 0.866. The smallest absolute Gasteiger partial charge is 0.297 e. The van der Waals surface area contributed by atoms with E-state index in [0.29, 0.717) is 5.00 Å². The summed E-state index contributed by atoms with van der Waals surface area (Å²) in [6.45, 7) is 0. The number of anilines is 2. The fourth-order valence-corrected chi connectivity index (χ4v) is 1.59. The molecule has 82 valence electrons. The number of carbonyl (C=O) groups excluding carboxylic acids is 1. The molecule has 2 amide bonds. The van der Waals surface area contributed by atoms with Gasteiger partial charge in [-0.2, -0.15) is 0 Å². The minimum absolute atomic E-state index is 0.211. The number of hydrogen-bond donors (Lipinski definition) is 1. The number of nitrogens with one attached hydrogen (secondary N) is 1. The highest BCUT2D eigenvalue weighted by Crippen LogP contribution is 2.14. The third kappa shape index (κ3) is 2.34. The molecular formula is C10H10N4OS. The van der Waals surface area contributed by atoms with Gasteiger partial charge in [-0.15, -0.1) is 5.10 Å². The zero-order valence-corrected chi connectivity index (χ0v) is 9.44. The van der Waals surface area contributed by atoms with E-state index < -0.39 is 0 Å². The summed E-state index contributed by atoms with van der Waals surface area (Å²) in [6, 6.07) is 9.19. The predicted octanol–water partition coefficient (Wildman–Crippen LogP) is 2.21. The van der Waals surface area contributed by atoms with Gasteiger partial charge in [0.2, 0.25) is 0 Å². The van der Waals surface area contributed by atoms with E-state index in [9.17, 15) is 4.79 Å². The second-order valence-corrected chi connectivity index (χ2v) is 3.89. The first-order chi connectivity index (χ1) is 7.77. The van der Waals surface area contributed by atoms with Gasteiger partial charge in [0.1, 0.15) is 5.00 Å². The molecule has 0 fully saturated rings. The van der Waals surface area contributed by atoms with Crippen LogP contribution in [0.15, 0.2) is 36.5 Å². The molecule has 0 aliphatic rings. The molecule has 1 aromatic heterocycles. The van der Waals surface area contributed by atoms with Crippen LogP contribution < -0.4 is 10.2 Å². The normalized spacial score (nSPS) is 9.81. The number of urea groups is 1. The summed E-state index contributed by atoms with van der Waals surface area (Å²) in [5.74, 6) is 0. The van der Waals surface area contributed by atoms with Crippen molar-refractivity contribution >= 4 is 28.3 Å². The molecule has 0 saturated heterocycles. The zero-order valence-electron chi connectivity index (χ0n) is 8.62. The first kappa shape index (κ1) is 10.6. The number of aromatic nitrogens is 2. The third-order valence-electron chi connectivity index (χ3n) is 2.04. The molecule has 0 aliphatic heterocycles. The van der Waals surface area contributed by atoms with Gasteiger partial charge >= 0.3 is 6.03 Å². The second-order valence-electron chi connectivity index (χ2n) is 3.11. The number of nitrogens with zero attached hydrogens (tertiary/aromatic N) is 3. The van der Waals surface area contributed by atoms with E-state index in [1.807, 2.05) is 30.3 Å². The van der Waals surface area contributed by atoms with Gasteiger partial charge in [-0.3, -0.25) is 10.2 Å². The molecule has 0 unspecified atom stereocenters. The van der Waals surface area contributed by atoms with E-state index >= 15 is 0 Å². The summed E-state index contributed by atoms with van der Waals surface area (Å²) < 4.78 is 3.67. The molecule has 1 aromatic carbocycles. The molecule has 16 heavy (non-hydrogen) atoms. The summed E-state index contributed by atoms with van der Waals surface area (Å²) >= 11 is 1.14. The Hall–Kier alpha value is -1.95. The molecule has 2 rings (SSSR count). The van der Waals surface area contributed by atoms with Crippen LogP contribution in [-0.2, 0) is 0 Å². The van der Waals surface area contributed by atoms with Crippen LogP contribution in [0.3, 0.4) is 0 Å². The van der Waals surface area contributed by atoms with Gasteiger partial charge in [0.05, 0.1) is 6.20 Å². The van der Waals surface area contributed by atoms with E-state index in [0.717, 1.165) is 17.2 Å². The van der Waals surface area contributed by atoms with Crippen molar-refractivity contribution in [2.24, 2.45) is 0 Å². The van der Waals surface area contributed by atoms with E-state index in [1.54, 1.807) is 7.05 Å². The minimum atomic E-state index is -0.211. The molecule has 0 radical (unpaired) electrons. The Morgan fingerprint density at radius 1 is 1.38 bits per heavy atom. The van der Waals surface area contributed by atoms with Crippen molar-refractivity contribution in [3.63, 3.8) is 0 Å². The van der Waals surface area contributed by atoms with Crippen molar-refractivity contribution < 1.29 is 4.79 Å². The average molecular weight is 234 g/mol. The van der Waals surface area contributed by atoms with E-state index in [-0.39, 0.29) is 6.03 Å². The molecule has 0 spiro atoms. The summed E-state index contributed by atoms with van der Waals surface area (Å²) in [6.07, 6.45) is 1.52. The number of amides is 2. The van der Waals surface area contributed by atoms with Crippen LogP contribution in [0.4, 0.5) is 15.5 Å². The number of rotatable bonds is 2. The van der Waals surface area contributed by atoms with Crippen LogP contribution >= 0.6 is 11.5 Å². The standard InChI is InChI=1S/C10H10N4OS/c1-14(8-5-3-2-4-6-8)10(15)12-9-7-11-13-16-9/h2-7H,1H3,(H,12,15). The van der Waals surface area contributed by atoms with Crippen LogP contribution in [0.5, 0.6) is 0 Å². The number of benzene rings is 1.